The van der Waals surface area contributed by atoms with Gasteiger partial charge < -0.3 is 21.5 Å². The SMILES string of the molecule is CC(C)[C@H](N)C(=O)NCC(=O)NCC(O)c1cccc(Cl)c1.Cl. The Morgan fingerprint density at radius 3 is 2.52 bits per heavy atom. The highest BCUT2D eigenvalue weighted by Crippen LogP contribution is 2.16. The first-order valence-corrected chi connectivity index (χ1v) is 7.42. The van der Waals surface area contributed by atoms with E-state index >= 15 is 0 Å². The minimum atomic E-state index is -0.865. The number of halogens is 2. The Hall–Kier alpha value is -1.34. The zero-order chi connectivity index (χ0) is 16.7. The van der Waals surface area contributed by atoms with E-state index in [1.165, 1.54) is 0 Å². The van der Waals surface area contributed by atoms with E-state index in [1.54, 1.807) is 24.3 Å². The molecule has 8 heteroatoms. The fourth-order valence-electron chi connectivity index (χ4n) is 1.69. The van der Waals surface area contributed by atoms with Gasteiger partial charge in [0.1, 0.15) is 0 Å². The number of carbonyl (C=O) groups excluding carboxylic acids is 2. The van der Waals surface area contributed by atoms with Crippen LogP contribution in [0.5, 0.6) is 0 Å². The summed E-state index contributed by atoms with van der Waals surface area (Å²) in [4.78, 5) is 23.2. The Labute approximate surface area is 147 Å². The van der Waals surface area contributed by atoms with Crippen molar-refractivity contribution in [1.82, 2.24) is 10.6 Å². The van der Waals surface area contributed by atoms with Crippen molar-refractivity contribution in [3.63, 3.8) is 0 Å². The number of aliphatic hydroxyl groups is 1. The maximum atomic E-state index is 11.6. The van der Waals surface area contributed by atoms with Gasteiger partial charge in [-0.25, -0.2) is 0 Å². The molecular weight excluding hydrogens is 341 g/mol. The molecule has 0 radical (unpaired) electrons. The number of nitrogens with one attached hydrogen (secondary N) is 2. The lowest BCUT2D eigenvalue weighted by molar-refractivity contribution is -0.127. The molecule has 2 atom stereocenters. The summed E-state index contributed by atoms with van der Waals surface area (Å²) in [5.74, 6) is -0.779. The molecule has 0 saturated carbocycles. The number of amides is 2. The van der Waals surface area contributed by atoms with Crippen LogP contribution in [0.15, 0.2) is 24.3 Å². The van der Waals surface area contributed by atoms with Crippen LogP contribution >= 0.6 is 24.0 Å². The van der Waals surface area contributed by atoms with Gasteiger partial charge in [0, 0.05) is 11.6 Å². The van der Waals surface area contributed by atoms with Crippen LogP contribution < -0.4 is 16.4 Å². The smallest absolute Gasteiger partial charge is 0.239 e. The second-order valence-electron chi connectivity index (χ2n) is 5.36. The normalized spacial score (nSPS) is 13.0. The molecule has 0 aliphatic heterocycles. The molecule has 0 aliphatic carbocycles. The zero-order valence-electron chi connectivity index (χ0n) is 13.1. The maximum Gasteiger partial charge on any atom is 0.239 e. The molecule has 0 bridgehead atoms. The van der Waals surface area contributed by atoms with Crippen molar-refractivity contribution in [3.8, 4) is 0 Å². The van der Waals surface area contributed by atoms with Crippen molar-refractivity contribution < 1.29 is 14.7 Å². The van der Waals surface area contributed by atoms with Gasteiger partial charge in [0.2, 0.25) is 11.8 Å². The van der Waals surface area contributed by atoms with E-state index in [-0.39, 0.29) is 37.3 Å². The fourth-order valence-corrected chi connectivity index (χ4v) is 1.89. The summed E-state index contributed by atoms with van der Waals surface area (Å²) in [6.45, 7) is 3.50. The second kappa shape index (κ2) is 10.4. The molecule has 130 valence electrons. The van der Waals surface area contributed by atoms with Crippen molar-refractivity contribution in [2.45, 2.75) is 26.0 Å². The van der Waals surface area contributed by atoms with Crippen molar-refractivity contribution in [1.29, 1.82) is 0 Å². The Kier molecular flexibility index (Phi) is 9.83. The molecule has 5 N–H and O–H groups in total. The monoisotopic (exact) mass is 363 g/mol. The first kappa shape index (κ1) is 21.7. The van der Waals surface area contributed by atoms with Crippen LogP contribution in [0, 0.1) is 5.92 Å². The largest absolute Gasteiger partial charge is 0.387 e. The average Bonchev–Trinajstić information content (AvgIpc) is 2.49. The van der Waals surface area contributed by atoms with Gasteiger partial charge >= 0.3 is 0 Å². The van der Waals surface area contributed by atoms with Crippen LogP contribution in [0.2, 0.25) is 5.02 Å². The molecule has 0 spiro atoms. The third kappa shape index (κ3) is 7.65. The van der Waals surface area contributed by atoms with Crippen LogP contribution in [0.1, 0.15) is 25.5 Å². The molecule has 0 heterocycles. The summed E-state index contributed by atoms with van der Waals surface area (Å²) in [5.41, 5.74) is 6.27. The van der Waals surface area contributed by atoms with Gasteiger partial charge in [0.15, 0.2) is 0 Å². The molecule has 0 aliphatic rings. The van der Waals surface area contributed by atoms with Crippen molar-refractivity contribution in [3.05, 3.63) is 34.9 Å². The molecular formula is C15H23Cl2N3O3. The molecule has 1 unspecified atom stereocenters. The molecule has 0 fully saturated rings. The first-order valence-electron chi connectivity index (χ1n) is 7.04. The minimum absolute atomic E-state index is 0. The first-order chi connectivity index (χ1) is 10.3. The molecule has 1 aromatic carbocycles. The maximum absolute atomic E-state index is 11.6. The number of rotatable bonds is 7. The summed E-state index contributed by atoms with van der Waals surface area (Å²) in [6.07, 6.45) is -0.865. The number of carbonyl (C=O) groups is 2. The van der Waals surface area contributed by atoms with E-state index < -0.39 is 18.1 Å². The summed E-state index contributed by atoms with van der Waals surface area (Å²) in [6, 6.07) is 6.11. The van der Waals surface area contributed by atoms with Crippen LogP contribution in [0.3, 0.4) is 0 Å². The van der Waals surface area contributed by atoms with Gasteiger partial charge in [-0.2, -0.15) is 0 Å². The summed E-state index contributed by atoms with van der Waals surface area (Å²) >= 11 is 5.83. The predicted octanol–water partition coefficient (Wildman–Crippen LogP) is 1.01. The van der Waals surface area contributed by atoms with E-state index in [0.717, 1.165) is 0 Å². The second-order valence-corrected chi connectivity index (χ2v) is 5.80. The molecule has 0 saturated heterocycles. The van der Waals surface area contributed by atoms with E-state index in [4.69, 9.17) is 17.3 Å². The lowest BCUT2D eigenvalue weighted by Crippen LogP contribution is -2.47. The molecule has 23 heavy (non-hydrogen) atoms. The Balaban J connectivity index is 0.00000484. The summed E-state index contributed by atoms with van der Waals surface area (Å²) in [5, 5.41) is 15.5. The van der Waals surface area contributed by atoms with E-state index in [0.29, 0.717) is 10.6 Å². The number of nitrogens with two attached hydrogens (primary N) is 1. The topological polar surface area (TPSA) is 104 Å². The van der Waals surface area contributed by atoms with E-state index in [9.17, 15) is 14.7 Å². The van der Waals surface area contributed by atoms with Crippen LogP contribution in [0.4, 0.5) is 0 Å². The highest BCUT2D eigenvalue weighted by molar-refractivity contribution is 6.30. The van der Waals surface area contributed by atoms with E-state index in [2.05, 4.69) is 10.6 Å². The number of benzene rings is 1. The number of aliphatic hydroxyl groups excluding tert-OH is 1. The number of hydrogen-bond donors (Lipinski definition) is 4. The highest BCUT2D eigenvalue weighted by atomic mass is 35.5. The minimum Gasteiger partial charge on any atom is -0.387 e. The zero-order valence-corrected chi connectivity index (χ0v) is 14.7. The van der Waals surface area contributed by atoms with Gasteiger partial charge in [0.25, 0.3) is 0 Å². The molecule has 1 aromatic rings. The predicted molar refractivity (Wildman–Crippen MR) is 92.5 cm³/mol. The lowest BCUT2D eigenvalue weighted by Gasteiger charge is -2.16. The van der Waals surface area contributed by atoms with Crippen molar-refractivity contribution in [2.24, 2.45) is 11.7 Å². The molecule has 0 aromatic heterocycles. The van der Waals surface area contributed by atoms with Crippen LogP contribution in [-0.2, 0) is 9.59 Å². The van der Waals surface area contributed by atoms with Gasteiger partial charge in [-0.05, 0) is 23.6 Å². The molecule has 1 rings (SSSR count). The third-order valence-electron chi connectivity index (χ3n) is 3.17. The Bertz CT molecular complexity index is 526. The Morgan fingerprint density at radius 2 is 1.96 bits per heavy atom. The van der Waals surface area contributed by atoms with E-state index in [1.807, 2.05) is 13.8 Å². The highest BCUT2D eigenvalue weighted by Gasteiger charge is 2.17. The van der Waals surface area contributed by atoms with Gasteiger partial charge in [-0.15, -0.1) is 12.4 Å². The standard InChI is InChI=1S/C15H22ClN3O3.ClH/c1-9(2)14(17)15(22)19-8-13(21)18-7-12(20)10-4-3-5-11(16)6-10;/h3-6,9,12,14,20H,7-8,17H2,1-2H3,(H,18,21)(H,19,22);1H/t12?,14-;/m0./s1. The van der Waals surface area contributed by atoms with Gasteiger partial charge in [0.05, 0.1) is 18.7 Å². The average molecular weight is 364 g/mol. The summed E-state index contributed by atoms with van der Waals surface area (Å²) < 4.78 is 0. The quantitative estimate of drug-likeness (QED) is 0.580. The van der Waals surface area contributed by atoms with Crippen molar-refractivity contribution in [2.75, 3.05) is 13.1 Å². The van der Waals surface area contributed by atoms with Crippen LogP contribution in [-0.4, -0.2) is 36.1 Å². The lowest BCUT2D eigenvalue weighted by atomic mass is 10.1. The fraction of sp³-hybridized carbons (Fsp3) is 0.467. The summed E-state index contributed by atoms with van der Waals surface area (Å²) in [7, 11) is 0. The number of hydrogen-bond acceptors (Lipinski definition) is 4. The van der Waals surface area contributed by atoms with Crippen LogP contribution in [0.25, 0.3) is 0 Å². The molecule has 2 amide bonds. The van der Waals surface area contributed by atoms with Crippen molar-refractivity contribution >= 4 is 35.8 Å². The third-order valence-corrected chi connectivity index (χ3v) is 3.41. The Morgan fingerprint density at radius 1 is 1.30 bits per heavy atom. The van der Waals surface area contributed by atoms with Gasteiger partial charge in [-0.3, -0.25) is 9.59 Å². The molecule has 6 nitrogen and oxygen atoms in total. The van der Waals surface area contributed by atoms with Gasteiger partial charge in [-0.1, -0.05) is 37.6 Å².